The smallest absolute Gasteiger partial charge is 0.356 e. The highest BCUT2D eigenvalue weighted by Gasteiger charge is 2.28. The molecule has 0 amide bonds. The molecule has 0 aliphatic heterocycles. The van der Waals surface area contributed by atoms with E-state index in [2.05, 4.69) is 25.0 Å². The van der Waals surface area contributed by atoms with Crippen LogP contribution in [0.1, 0.15) is 61.5 Å². The fourth-order valence-corrected chi connectivity index (χ4v) is 3.90. The van der Waals surface area contributed by atoms with Crippen LogP contribution >= 0.6 is 11.6 Å². The molecule has 0 saturated heterocycles. The first-order valence-corrected chi connectivity index (χ1v) is 8.72. The molecule has 0 radical (unpaired) electrons. The van der Waals surface area contributed by atoms with Gasteiger partial charge >= 0.3 is 5.97 Å². The van der Waals surface area contributed by atoms with Gasteiger partial charge in [0.05, 0.1) is 5.69 Å². The number of hydrogen-bond donors (Lipinski definition) is 1. The Balaban J connectivity index is 1.87. The van der Waals surface area contributed by atoms with Gasteiger partial charge in [0.15, 0.2) is 5.69 Å². The van der Waals surface area contributed by atoms with Gasteiger partial charge in [-0.15, -0.1) is 0 Å². The number of carbonyl (C=O) groups is 1. The third-order valence-corrected chi connectivity index (χ3v) is 5.50. The molecule has 1 N–H and O–H groups in total. The van der Waals surface area contributed by atoms with Crippen molar-refractivity contribution in [2.75, 3.05) is 0 Å². The van der Waals surface area contributed by atoms with Crippen molar-refractivity contribution in [1.82, 2.24) is 9.78 Å². The van der Waals surface area contributed by atoms with Gasteiger partial charge in [0.25, 0.3) is 0 Å². The highest BCUT2D eigenvalue weighted by molar-refractivity contribution is 6.31. The fourth-order valence-electron chi connectivity index (χ4n) is 3.57. The maximum Gasteiger partial charge on any atom is 0.356 e. The normalized spacial score (nSPS) is 17.8. The molecular weight excluding hydrogens is 324 g/mol. The lowest BCUT2D eigenvalue weighted by Crippen LogP contribution is -2.20. The largest absolute Gasteiger partial charge is 0.476 e. The maximum atomic E-state index is 11.1. The van der Waals surface area contributed by atoms with Crippen molar-refractivity contribution < 1.29 is 9.90 Å². The van der Waals surface area contributed by atoms with Gasteiger partial charge in [-0.25, -0.2) is 4.79 Å². The van der Waals surface area contributed by atoms with Crippen molar-refractivity contribution in [2.24, 2.45) is 12.5 Å². The van der Waals surface area contributed by atoms with E-state index in [0.29, 0.717) is 11.3 Å². The zero-order valence-electron chi connectivity index (χ0n) is 14.3. The summed E-state index contributed by atoms with van der Waals surface area (Å²) < 4.78 is 1.58. The molecule has 1 aliphatic rings. The summed E-state index contributed by atoms with van der Waals surface area (Å²) in [7, 11) is 1.74. The molecular formula is C19H23ClN2O2. The second kappa shape index (κ2) is 6.25. The molecule has 1 aliphatic carbocycles. The molecule has 1 aromatic carbocycles. The zero-order chi connectivity index (χ0) is 17.5. The van der Waals surface area contributed by atoms with E-state index in [0.717, 1.165) is 16.3 Å². The number of halogens is 1. The summed E-state index contributed by atoms with van der Waals surface area (Å²) in [5.41, 5.74) is 3.33. The van der Waals surface area contributed by atoms with Gasteiger partial charge in [0.2, 0.25) is 0 Å². The van der Waals surface area contributed by atoms with E-state index in [1.54, 1.807) is 17.8 Å². The summed E-state index contributed by atoms with van der Waals surface area (Å²) in [5.74, 6) is -0.509. The fraction of sp³-hybridized carbons (Fsp3) is 0.474. The van der Waals surface area contributed by atoms with Crippen LogP contribution in [0.4, 0.5) is 0 Å². The first kappa shape index (κ1) is 17.0. The van der Waals surface area contributed by atoms with Crippen LogP contribution in [-0.2, 0) is 7.05 Å². The third kappa shape index (κ3) is 3.34. The molecule has 1 saturated carbocycles. The Labute approximate surface area is 147 Å². The number of rotatable bonds is 3. The van der Waals surface area contributed by atoms with Gasteiger partial charge in [-0.2, -0.15) is 5.10 Å². The molecule has 0 unspecified atom stereocenters. The number of aromatic nitrogens is 2. The maximum absolute atomic E-state index is 11.1. The number of carboxylic acids is 1. The Morgan fingerprint density at radius 1 is 1.29 bits per heavy atom. The zero-order valence-corrected chi connectivity index (χ0v) is 15.1. The molecule has 0 bridgehead atoms. The van der Waals surface area contributed by atoms with Crippen LogP contribution in [-0.4, -0.2) is 20.9 Å². The van der Waals surface area contributed by atoms with E-state index in [9.17, 15) is 4.79 Å². The van der Waals surface area contributed by atoms with Gasteiger partial charge in [-0.05, 0) is 54.7 Å². The molecule has 1 heterocycles. The molecule has 1 fully saturated rings. The summed E-state index contributed by atoms with van der Waals surface area (Å²) in [6, 6.07) is 7.62. The number of benzene rings is 1. The van der Waals surface area contributed by atoms with E-state index in [1.165, 1.54) is 31.2 Å². The topological polar surface area (TPSA) is 55.1 Å². The summed E-state index contributed by atoms with van der Waals surface area (Å²) >= 11 is 6.56. The van der Waals surface area contributed by atoms with Crippen molar-refractivity contribution in [3.05, 3.63) is 40.5 Å². The molecule has 4 nitrogen and oxygen atoms in total. The van der Waals surface area contributed by atoms with E-state index in [-0.39, 0.29) is 5.69 Å². The lowest BCUT2D eigenvalue weighted by Gasteiger charge is -2.34. The molecule has 3 rings (SSSR count). The van der Waals surface area contributed by atoms with E-state index in [4.69, 9.17) is 16.7 Å². The number of hydrogen-bond acceptors (Lipinski definition) is 2. The van der Waals surface area contributed by atoms with Gasteiger partial charge in [-0.3, -0.25) is 4.68 Å². The predicted molar refractivity (Wildman–Crippen MR) is 95.6 cm³/mol. The predicted octanol–water partition coefficient (Wildman–Crippen LogP) is 5.12. The van der Waals surface area contributed by atoms with Crippen LogP contribution in [0.3, 0.4) is 0 Å². The Morgan fingerprint density at radius 3 is 2.50 bits per heavy atom. The molecule has 128 valence electrons. The molecule has 2 aromatic rings. The monoisotopic (exact) mass is 346 g/mol. The standard InChI is InChI=1S/C19H23ClN2O2/c1-19(2)8-6-12(7-9-19)14-5-4-13(10-15(14)20)17-11-16(18(23)24)21-22(17)3/h4-5,10-12H,6-9H2,1-3H3,(H,23,24). The minimum absolute atomic E-state index is 0.0437. The summed E-state index contributed by atoms with van der Waals surface area (Å²) in [6.07, 6.45) is 4.78. The van der Waals surface area contributed by atoms with E-state index < -0.39 is 5.97 Å². The van der Waals surface area contributed by atoms with Crippen molar-refractivity contribution in [3.63, 3.8) is 0 Å². The lowest BCUT2D eigenvalue weighted by molar-refractivity contribution is 0.0689. The second-order valence-corrected chi connectivity index (χ2v) is 7.93. The van der Waals surface area contributed by atoms with E-state index >= 15 is 0 Å². The van der Waals surface area contributed by atoms with Gasteiger partial charge in [-0.1, -0.05) is 37.6 Å². The molecule has 1 aromatic heterocycles. The van der Waals surface area contributed by atoms with Gasteiger partial charge < -0.3 is 5.11 Å². The molecule has 0 spiro atoms. The Kier molecular flexibility index (Phi) is 4.43. The van der Waals surface area contributed by atoms with Crippen LogP contribution in [0.5, 0.6) is 0 Å². The third-order valence-electron chi connectivity index (χ3n) is 5.17. The quantitative estimate of drug-likeness (QED) is 0.838. The van der Waals surface area contributed by atoms with Crippen LogP contribution in [0.2, 0.25) is 5.02 Å². The Morgan fingerprint density at radius 2 is 1.96 bits per heavy atom. The average Bonchev–Trinajstić information content (AvgIpc) is 2.90. The van der Waals surface area contributed by atoms with Crippen molar-refractivity contribution >= 4 is 17.6 Å². The van der Waals surface area contributed by atoms with Gasteiger partial charge in [0, 0.05) is 17.6 Å². The number of aromatic carboxylic acids is 1. The van der Waals surface area contributed by atoms with Crippen molar-refractivity contribution in [1.29, 1.82) is 0 Å². The first-order chi connectivity index (χ1) is 11.3. The number of carboxylic acid groups (broad SMARTS) is 1. The van der Waals surface area contributed by atoms with E-state index in [1.807, 2.05) is 12.1 Å². The number of nitrogens with zero attached hydrogens (tertiary/aromatic N) is 2. The van der Waals surface area contributed by atoms with Crippen molar-refractivity contribution in [2.45, 2.75) is 45.4 Å². The lowest BCUT2D eigenvalue weighted by atomic mass is 9.71. The van der Waals surface area contributed by atoms with Crippen LogP contribution in [0, 0.1) is 5.41 Å². The SMILES string of the molecule is Cn1nc(C(=O)O)cc1-c1ccc(C2CCC(C)(C)CC2)c(Cl)c1. The summed E-state index contributed by atoms with van der Waals surface area (Å²) in [4.78, 5) is 11.1. The number of aryl methyl sites for hydroxylation is 1. The minimum Gasteiger partial charge on any atom is -0.476 e. The highest BCUT2D eigenvalue weighted by Crippen LogP contribution is 2.44. The highest BCUT2D eigenvalue weighted by atomic mass is 35.5. The van der Waals surface area contributed by atoms with Crippen LogP contribution in [0.15, 0.2) is 24.3 Å². The summed E-state index contributed by atoms with van der Waals surface area (Å²) in [6.45, 7) is 4.66. The molecule has 24 heavy (non-hydrogen) atoms. The van der Waals surface area contributed by atoms with Crippen molar-refractivity contribution in [3.8, 4) is 11.3 Å². The molecule has 0 atom stereocenters. The van der Waals surface area contributed by atoms with Crippen LogP contribution in [0.25, 0.3) is 11.3 Å². The Bertz CT molecular complexity index is 770. The summed E-state index contributed by atoms with van der Waals surface area (Å²) in [5, 5.41) is 13.9. The first-order valence-electron chi connectivity index (χ1n) is 8.34. The average molecular weight is 347 g/mol. The van der Waals surface area contributed by atoms with Gasteiger partial charge in [0.1, 0.15) is 0 Å². The second-order valence-electron chi connectivity index (χ2n) is 7.52. The Hall–Kier alpha value is -1.81. The minimum atomic E-state index is -1.02. The van der Waals surface area contributed by atoms with Crippen LogP contribution < -0.4 is 0 Å². The molecule has 5 heteroatoms.